The average Bonchev–Trinajstić information content (AvgIpc) is 3.14. The van der Waals surface area contributed by atoms with Crippen LogP contribution in [0.4, 0.5) is 5.69 Å². The zero-order chi connectivity index (χ0) is 20.7. The van der Waals surface area contributed by atoms with Crippen LogP contribution in [0.3, 0.4) is 0 Å². The minimum Gasteiger partial charge on any atom is -0.382 e. The Hall–Kier alpha value is -3.41. The van der Waals surface area contributed by atoms with Crippen molar-refractivity contribution in [2.45, 2.75) is 25.8 Å². The molecule has 4 aromatic rings. The van der Waals surface area contributed by atoms with Crippen molar-refractivity contribution in [1.29, 1.82) is 0 Å². The Morgan fingerprint density at radius 1 is 1.07 bits per heavy atom. The normalized spacial score (nSPS) is 15.1. The van der Waals surface area contributed by atoms with Gasteiger partial charge in [-0.15, -0.1) is 0 Å². The van der Waals surface area contributed by atoms with Crippen LogP contribution in [-0.2, 0) is 11.8 Å². The molecule has 0 unspecified atom stereocenters. The number of aromatic nitrogens is 3. The molecule has 152 valence electrons. The lowest BCUT2D eigenvalue weighted by atomic mass is 10.00. The molecule has 2 aromatic heterocycles. The Morgan fingerprint density at radius 2 is 1.87 bits per heavy atom. The van der Waals surface area contributed by atoms with Gasteiger partial charge in [0.1, 0.15) is 0 Å². The Kier molecular flexibility index (Phi) is 4.62. The fraction of sp³-hybridized carbons (Fsp3) is 0.292. The number of hydrogen-bond donors (Lipinski definition) is 1. The molecule has 0 bridgehead atoms. The fourth-order valence-electron chi connectivity index (χ4n) is 4.38. The molecule has 1 aliphatic rings. The predicted octanol–water partition coefficient (Wildman–Crippen LogP) is 4.21. The number of nitrogens with zero attached hydrogens (tertiary/aromatic N) is 4. The van der Waals surface area contributed by atoms with Crippen molar-refractivity contribution in [3.05, 3.63) is 55.0 Å². The van der Waals surface area contributed by atoms with Crippen molar-refractivity contribution >= 4 is 33.5 Å². The van der Waals surface area contributed by atoms with Crippen LogP contribution in [0.25, 0.3) is 33.1 Å². The molecule has 1 saturated heterocycles. The molecule has 6 nitrogen and oxygen atoms in total. The molecule has 0 radical (unpaired) electrons. The monoisotopic (exact) mass is 399 g/mol. The van der Waals surface area contributed by atoms with Crippen LogP contribution in [0, 0.1) is 0 Å². The Bertz CT molecular complexity index is 1240. The largest absolute Gasteiger partial charge is 0.382 e. The third-order valence-corrected chi connectivity index (χ3v) is 6.08. The van der Waals surface area contributed by atoms with Crippen molar-refractivity contribution in [3.8, 4) is 11.1 Å². The molecule has 0 atom stereocenters. The van der Waals surface area contributed by atoms with Gasteiger partial charge in [0.05, 0.1) is 11.0 Å². The van der Waals surface area contributed by atoms with Crippen molar-refractivity contribution in [2.75, 3.05) is 18.4 Å². The lowest BCUT2D eigenvalue weighted by Gasteiger charge is -2.32. The molecule has 30 heavy (non-hydrogen) atoms. The topological polar surface area (TPSA) is 63.1 Å². The van der Waals surface area contributed by atoms with Crippen molar-refractivity contribution < 1.29 is 4.79 Å². The van der Waals surface area contributed by atoms with E-state index in [-0.39, 0.29) is 5.91 Å². The summed E-state index contributed by atoms with van der Waals surface area (Å²) in [5.41, 5.74) is 6.23. The maximum absolute atomic E-state index is 11.6. The molecular weight excluding hydrogens is 374 g/mol. The minimum absolute atomic E-state index is 0.160. The molecule has 5 rings (SSSR count). The van der Waals surface area contributed by atoms with Crippen LogP contribution in [-0.4, -0.2) is 44.5 Å². The van der Waals surface area contributed by atoms with E-state index in [0.29, 0.717) is 6.04 Å². The van der Waals surface area contributed by atoms with Crippen molar-refractivity contribution in [1.82, 2.24) is 19.4 Å². The summed E-state index contributed by atoms with van der Waals surface area (Å²) in [6, 6.07) is 13.3. The molecule has 1 N–H and O–H groups in total. The summed E-state index contributed by atoms with van der Waals surface area (Å²) < 4.78 is 2.14. The minimum atomic E-state index is 0.160. The first kappa shape index (κ1) is 18.6. The molecule has 1 amide bonds. The van der Waals surface area contributed by atoms with E-state index in [2.05, 4.69) is 69.5 Å². The zero-order valence-electron chi connectivity index (χ0n) is 17.3. The molecule has 6 heteroatoms. The number of likely N-dealkylation sites (tertiary alicyclic amines) is 1. The van der Waals surface area contributed by atoms with Crippen molar-refractivity contribution in [3.63, 3.8) is 0 Å². The number of anilines is 1. The number of hydrogen-bond acceptors (Lipinski definition) is 4. The number of nitrogens with one attached hydrogen (secondary N) is 1. The van der Waals surface area contributed by atoms with E-state index in [9.17, 15) is 4.79 Å². The first-order chi connectivity index (χ1) is 14.6. The Morgan fingerprint density at radius 3 is 2.67 bits per heavy atom. The van der Waals surface area contributed by atoms with E-state index in [1.165, 1.54) is 10.9 Å². The van der Waals surface area contributed by atoms with E-state index in [0.717, 1.165) is 53.8 Å². The van der Waals surface area contributed by atoms with Gasteiger partial charge in [-0.1, -0.05) is 12.1 Å². The van der Waals surface area contributed by atoms with Crippen molar-refractivity contribution in [2.24, 2.45) is 7.05 Å². The van der Waals surface area contributed by atoms with Gasteiger partial charge in [-0.3, -0.25) is 14.8 Å². The first-order valence-corrected chi connectivity index (χ1v) is 10.4. The highest BCUT2D eigenvalue weighted by atomic mass is 16.2. The molecule has 1 aliphatic heterocycles. The number of carbonyl (C=O) groups is 1. The Labute approximate surface area is 175 Å². The average molecular weight is 399 g/mol. The van der Waals surface area contributed by atoms with Gasteiger partial charge in [0, 0.05) is 68.5 Å². The number of benzene rings is 2. The van der Waals surface area contributed by atoms with Crippen LogP contribution in [0.15, 0.2) is 55.0 Å². The summed E-state index contributed by atoms with van der Waals surface area (Å²) >= 11 is 0. The van der Waals surface area contributed by atoms with E-state index in [4.69, 9.17) is 0 Å². The number of amides is 1. The molecule has 3 heterocycles. The summed E-state index contributed by atoms with van der Waals surface area (Å²) in [5, 5.41) is 4.90. The third kappa shape index (κ3) is 3.38. The maximum Gasteiger partial charge on any atom is 0.219 e. The van der Waals surface area contributed by atoms with Crippen LogP contribution in [0.1, 0.15) is 19.8 Å². The highest BCUT2D eigenvalue weighted by molar-refractivity contribution is 5.97. The third-order valence-electron chi connectivity index (χ3n) is 6.08. The first-order valence-electron chi connectivity index (χ1n) is 10.4. The fourth-order valence-corrected chi connectivity index (χ4v) is 4.38. The lowest BCUT2D eigenvalue weighted by molar-refractivity contribution is -0.129. The Balaban J connectivity index is 1.51. The van der Waals surface area contributed by atoms with Gasteiger partial charge in [0.25, 0.3) is 0 Å². The zero-order valence-corrected chi connectivity index (χ0v) is 17.3. The van der Waals surface area contributed by atoms with Gasteiger partial charge in [0.2, 0.25) is 5.91 Å². The number of fused-ring (bicyclic) bond motifs is 2. The van der Waals surface area contributed by atoms with Crippen LogP contribution < -0.4 is 5.32 Å². The van der Waals surface area contributed by atoms with Gasteiger partial charge >= 0.3 is 0 Å². The number of aryl methyl sites for hydroxylation is 1. The number of piperidine rings is 1. The van der Waals surface area contributed by atoms with Crippen LogP contribution in [0.2, 0.25) is 0 Å². The summed E-state index contributed by atoms with van der Waals surface area (Å²) in [4.78, 5) is 22.7. The quantitative estimate of drug-likeness (QED) is 0.561. The van der Waals surface area contributed by atoms with Crippen LogP contribution >= 0.6 is 0 Å². The SMILES string of the molecule is CC(=O)N1CCC(Nc2cc(-c3ccc4ccn(C)c4c3)c3nccnc3c2)CC1. The molecule has 0 spiro atoms. The van der Waals surface area contributed by atoms with Gasteiger partial charge < -0.3 is 14.8 Å². The summed E-state index contributed by atoms with van der Waals surface area (Å²) in [6.07, 6.45) is 7.46. The van der Waals surface area contributed by atoms with E-state index < -0.39 is 0 Å². The lowest BCUT2D eigenvalue weighted by Crippen LogP contribution is -2.41. The highest BCUT2D eigenvalue weighted by Gasteiger charge is 2.21. The summed E-state index contributed by atoms with van der Waals surface area (Å²) in [7, 11) is 2.06. The molecule has 0 saturated carbocycles. The van der Waals surface area contributed by atoms with E-state index in [1.807, 2.05) is 4.90 Å². The maximum atomic E-state index is 11.6. The number of rotatable bonds is 3. The second-order valence-electron chi connectivity index (χ2n) is 8.07. The predicted molar refractivity (Wildman–Crippen MR) is 120 cm³/mol. The van der Waals surface area contributed by atoms with Gasteiger partial charge in [-0.25, -0.2) is 0 Å². The van der Waals surface area contributed by atoms with Crippen LogP contribution in [0.5, 0.6) is 0 Å². The second-order valence-corrected chi connectivity index (χ2v) is 8.07. The molecule has 0 aliphatic carbocycles. The van der Waals surface area contributed by atoms with E-state index in [1.54, 1.807) is 19.3 Å². The molecule has 2 aromatic carbocycles. The standard InChI is InChI=1S/C24H25N5O/c1-16(30)29-11-6-19(7-12-29)27-20-14-21(24-22(15-20)25-8-9-26-24)18-4-3-17-5-10-28(2)23(17)13-18/h3-5,8-10,13-15,19,27H,6-7,11-12H2,1-2H3. The summed E-state index contributed by atoms with van der Waals surface area (Å²) in [6.45, 7) is 3.25. The smallest absolute Gasteiger partial charge is 0.219 e. The van der Waals surface area contributed by atoms with Gasteiger partial charge in [-0.05, 0) is 48.1 Å². The van der Waals surface area contributed by atoms with Gasteiger partial charge in [-0.2, -0.15) is 0 Å². The highest BCUT2D eigenvalue weighted by Crippen LogP contribution is 2.32. The summed E-state index contributed by atoms with van der Waals surface area (Å²) in [5.74, 6) is 0.160. The number of carbonyl (C=O) groups excluding carboxylic acids is 1. The van der Waals surface area contributed by atoms with Gasteiger partial charge in [0.15, 0.2) is 0 Å². The van der Waals surface area contributed by atoms with E-state index >= 15 is 0 Å². The molecule has 1 fully saturated rings. The second kappa shape index (κ2) is 7.44. The molecular formula is C24H25N5O.